The minimum Gasteiger partial charge on any atom is -0.497 e. The van der Waals surface area contributed by atoms with E-state index in [2.05, 4.69) is 10.2 Å². The largest absolute Gasteiger partial charge is 0.497 e. The normalized spacial score (nSPS) is 30.0. The molecule has 0 spiro atoms. The highest BCUT2D eigenvalue weighted by molar-refractivity contribution is 5.94. The number of carbonyl (C=O) groups is 1. The van der Waals surface area contributed by atoms with E-state index in [0.29, 0.717) is 23.7 Å². The summed E-state index contributed by atoms with van der Waals surface area (Å²) in [5, 5.41) is 3.32. The minimum absolute atomic E-state index is 0.0399. The van der Waals surface area contributed by atoms with Crippen molar-refractivity contribution < 1.29 is 9.53 Å². The van der Waals surface area contributed by atoms with Crippen LogP contribution in [0.15, 0.2) is 24.3 Å². The third kappa shape index (κ3) is 3.75. The van der Waals surface area contributed by atoms with Crippen molar-refractivity contribution in [2.24, 2.45) is 0 Å². The van der Waals surface area contributed by atoms with Crippen LogP contribution in [0.2, 0.25) is 0 Å². The molecule has 0 unspecified atom stereocenters. The average molecular weight is 357 g/mol. The SMILES string of the molecule is COc1cccc(C(=O)NC2C[C@H]3CCC[C@H](C2)N3C2CCCCC2)c1. The molecule has 2 aliphatic heterocycles. The fourth-order valence-electron chi connectivity index (χ4n) is 5.54. The summed E-state index contributed by atoms with van der Waals surface area (Å²) in [4.78, 5) is 15.6. The molecule has 1 aromatic carbocycles. The van der Waals surface area contributed by atoms with E-state index < -0.39 is 0 Å². The lowest BCUT2D eigenvalue weighted by Gasteiger charge is -2.53. The van der Waals surface area contributed by atoms with E-state index in [1.54, 1.807) is 7.11 Å². The predicted octanol–water partition coefficient (Wildman–Crippen LogP) is 4.14. The van der Waals surface area contributed by atoms with E-state index >= 15 is 0 Å². The second kappa shape index (κ2) is 7.99. The van der Waals surface area contributed by atoms with Crippen LogP contribution in [-0.2, 0) is 0 Å². The average Bonchev–Trinajstić information content (AvgIpc) is 2.68. The van der Waals surface area contributed by atoms with E-state index in [0.717, 1.165) is 24.6 Å². The molecule has 1 amide bonds. The summed E-state index contributed by atoms with van der Waals surface area (Å²) >= 11 is 0. The number of hydrogen-bond acceptors (Lipinski definition) is 3. The Hall–Kier alpha value is -1.55. The molecule has 0 aromatic heterocycles. The van der Waals surface area contributed by atoms with Crippen LogP contribution in [0.3, 0.4) is 0 Å². The van der Waals surface area contributed by atoms with E-state index in [1.165, 1.54) is 51.4 Å². The van der Waals surface area contributed by atoms with Crippen LogP contribution >= 0.6 is 0 Å². The van der Waals surface area contributed by atoms with Crippen molar-refractivity contribution in [1.82, 2.24) is 10.2 Å². The van der Waals surface area contributed by atoms with E-state index in [1.807, 2.05) is 24.3 Å². The molecule has 2 bridgehead atoms. The van der Waals surface area contributed by atoms with Crippen LogP contribution in [0.5, 0.6) is 5.75 Å². The van der Waals surface area contributed by atoms with Crippen molar-refractivity contribution in [2.45, 2.75) is 88.4 Å². The second-order valence-electron chi connectivity index (χ2n) is 8.35. The molecule has 3 fully saturated rings. The van der Waals surface area contributed by atoms with Gasteiger partial charge in [0.1, 0.15) is 5.75 Å². The second-order valence-corrected chi connectivity index (χ2v) is 8.35. The van der Waals surface area contributed by atoms with Crippen molar-refractivity contribution in [3.63, 3.8) is 0 Å². The topological polar surface area (TPSA) is 41.6 Å². The molecule has 1 saturated carbocycles. The monoisotopic (exact) mass is 356 g/mol. The third-order valence-corrected chi connectivity index (χ3v) is 6.69. The quantitative estimate of drug-likeness (QED) is 0.881. The molecule has 1 aliphatic carbocycles. The van der Waals surface area contributed by atoms with Gasteiger partial charge in [0.2, 0.25) is 0 Å². The van der Waals surface area contributed by atoms with Gasteiger partial charge in [0.25, 0.3) is 5.91 Å². The fourth-order valence-corrected chi connectivity index (χ4v) is 5.54. The first-order valence-electron chi connectivity index (χ1n) is 10.5. The molecule has 0 radical (unpaired) electrons. The lowest BCUT2D eigenvalue weighted by Crippen LogP contribution is -2.60. The Labute approximate surface area is 157 Å². The van der Waals surface area contributed by atoms with Gasteiger partial charge < -0.3 is 10.1 Å². The van der Waals surface area contributed by atoms with Crippen LogP contribution < -0.4 is 10.1 Å². The molecule has 4 heteroatoms. The summed E-state index contributed by atoms with van der Waals surface area (Å²) in [6, 6.07) is 9.90. The summed E-state index contributed by atoms with van der Waals surface area (Å²) in [6.45, 7) is 0. The van der Waals surface area contributed by atoms with E-state index in [4.69, 9.17) is 4.74 Å². The zero-order valence-electron chi connectivity index (χ0n) is 16.0. The molecular formula is C22H32N2O2. The summed E-state index contributed by atoms with van der Waals surface area (Å²) < 4.78 is 5.25. The summed E-state index contributed by atoms with van der Waals surface area (Å²) in [7, 11) is 1.64. The molecule has 26 heavy (non-hydrogen) atoms. The van der Waals surface area contributed by atoms with Crippen molar-refractivity contribution in [1.29, 1.82) is 0 Å². The smallest absolute Gasteiger partial charge is 0.251 e. The Bertz CT molecular complexity index is 612. The van der Waals surface area contributed by atoms with Gasteiger partial charge in [-0.3, -0.25) is 9.69 Å². The van der Waals surface area contributed by atoms with Crippen LogP contribution in [0, 0.1) is 0 Å². The van der Waals surface area contributed by atoms with Gasteiger partial charge in [-0.25, -0.2) is 0 Å². The maximum atomic E-state index is 12.7. The Balaban J connectivity index is 1.41. The predicted molar refractivity (Wildman–Crippen MR) is 104 cm³/mol. The number of rotatable bonds is 4. The molecule has 2 heterocycles. The van der Waals surface area contributed by atoms with Gasteiger partial charge in [0.15, 0.2) is 0 Å². The van der Waals surface area contributed by atoms with Crippen LogP contribution in [0.25, 0.3) is 0 Å². The lowest BCUT2D eigenvalue weighted by atomic mass is 9.78. The van der Waals surface area contributed by atoms with Gasteiger partial charge >= 0.3 is 0 Å². The number of hydrogen-bond donors (Lipinski definition) is 1. The Morgan fingerprint density at radius 3 is 2.38 bits per heavy atom. The molecule has 2 atom stereocenters. The number of amides is 1. The summed E-state index contributed by atoms with van der Waals surface area (Å²) in [5.74, 6) is 0.778. The van der Waals surface area contributed by atoms with Crippen LogP contribution in [0.1, 0.15) is 74.6 Å². The molecular weight excluding hydrogens is 324 g/mol. The number of benzene rings is 1. The van der Waals surface area contributed by atoms with Crippen molar-refractivity contribution in [3.8, 4) is 5.75 Å². The van der Waals surface area contributed by atoms with Crippen molar-refractivity contribution in [2.75, 3.05) is 7.11 Å². The first kappa shape index (κ1) is 17.8. The Morgan fingerprint density at radius 1 is 1.00 bits per heavy atom. The highest BCUT2D eigenvalue weighted by Gasteiger charge is 2.42. The zero-order chi connectivity index (χ0) is 17.9. The standard InChI is InChI=1S/C22H32N2O2/c1-26-21-12-5-7-16(13-21)22(25)23-17-14-19-10-6-11-20(15-17)24(19)18-8-3-2-4-9-18/h5,7,12-13,17-20H,2-4,6,8-11,14-15H2,1H3,(H,23,25)/t19-,20-/m1/s1. The number of methoxy groups -OCH3 is 1. The molecule has 2 saturated heterocycles. The van der Waals surface area contributed by atoms with Crippen LogP contribution in [-0.4, -0.2) is 42.1 Å². The maximum absolute atomic E-state index is 12.7. The molecule has 1 N–H and O–H groups in total. The zero-order valence-corrected chi connectivity index (χ0v) is 16.0. The molecule has 4 rings (SSSR count). The first-order valence-corrected chi connectivity index (χ1v) is 10.5. The number of piperidine rings is 2. The van der Waals surface area contributed by atoms with Gasteiger partial charge in [-0.05, 0) is 56.7 Å². The van der Waals surface area contributed by atoms with Crippen molar-refractivity contribution in [3.05, 3.63) is 29.8 Å². The fraction of sp³-hybridized carbons (Fsp3) is 0.682. The molecule has 1 aromatic rings. The van der Waals surface area contributed by atoms with Crippen molar-refractivity contribution >= 4 is 5.91 Å². The summed E-state index contributed by atoms with van der Waals surface area (Å²) in [5.41, 5.74) is 0.698. The molecule has 3 aliphatic rings. The van der Waals surface area contributed by atoms with Gasteiger partial charge in [-0.2, -0.15) is 0 Å². The number of carbonyl (C=O) groups excluding carboxylic acids is 1. The van der Waals surface area contributed by atoms with E-state index in [-0.39, 0.29) is 5.91 Å². The first-order chi connectivity index (χ1) is 12.7. The van der Waals surface area contributed by atoms with E-state index in [9.17, 15) is 4.79 Å². The van der Waals surface area contributed by atoms with Crippen LogP contribution in [0.4, 0.5) is 0 Å². The number of nitrogens with zero attached hydrogens (tertiary/aromatic N) is 1. The third-order valence-electron chi connectivity index (χ3n) is 6.69. The van der Waals surface area contributed by atoms with Gasteiger partial charge in [0.05, 0.1) is 7.11 Å². The van der Waals surface area contributed by atoms with Gasteiger partial charge in [-0.15, -0.1) is 0 Å². The minimum atomic E-state index is 0.0399. The molecule has 142 valence electrons. The number of ether oxygens (including phenoxy) is 1. The Kier molecular flexibility index (Phi) is 5.49. The van der Waals surface area contributed by atoms with Gasteiger partial charge in [0, 0.05) is 29.7 Å². The van der Waals surface area contributed by atoms with Gasteiger partial charge in [-0.1, -0.05) is 31.7 Å². The lowest BCUT2D eigenvalue weighted by molar-refractivity contribution is -0.0211. The summed E-state index contributed by atoms with van der Waals surface area (Å²) in [6.07, 6.45) is 13.2. The number of nitrogens with one attached hydrogen (secondary N) is 1. The Morgan fingerprint density at radius 2 is 1.69 bits per heavy atom. The highest BCUT2D eigenvalue weighted by atomic mass is 16.5. The number of fused-ring (bicyclic) bond motifs is 2. The molecule has 4 nitrogen and oxygen atoms in total. The maximum Gasteiger partial charge on any atom is 0.251 e. The highest BCUT2D eigenvalue weighted by Crippen LogP contribution is 2.39.